The first kappa shape index (κ1) is 13.9. The molecule has 0 saturated heterocycles. The highest BCUT2D eigenvalue weighted by Gasteiger charge is 2.53. The van der Waals surface area contributed by atoms with Gasteiger partial charge >= 0.3 is 12.4 Å². The predicted octanol–water partition coefficient (Wildman–Crippen LogP) is 4.04. The molecule has 1 aromatic rings. The van der Waals surface area contributed by atoms with Crippen LogP contribution >= 0.6 is 15.9 Å². The van der Waals surface area contributed by atoms with Crippen LogP contribution in [0, 0.1) is 0 Å². The lowest BCUT2D eigenvalue weighted by Crippen LogP contribution is -2.36. The fraction of sp³-hybridized carbons (Fsp3) is 0.250. The number of aliphatic imine (C=N–C) groups is 1. The fourth-order valence-electron chi connectivity index (χ4n) is 0.836. The standard InChI is InChI=1S/C8H3BrF6N2/c9-4-1-2-5(16-3-4)17-6(7(10,11)12)8(13,14)15/h1-3H. The monoisotopic (exact) mass is 320 g/mol. The summed E-state index contributed by atoms with van der Waals surface area (Å²) in [4.78, 5) is 5.79. The average molecular weight is 321 g/mol. The Morgan fingerprint density at radius 3 is 1.94 bits per heavy atom. The van der Waals surface area contributed by atoms with Gasteiger partial charge in [0.1, 0.15) is 0 Å². The van der Waals surface area contributed by atoms with Crippen LogP contribution in [0.25, 0.3) is 0 Å². The van der Waals surface area contributed by atoms with E-state index >= 15 is 0 Å². The second-order valence-corrected chi connectivity index (χ2v) is 3.71. The molecule has 0 saturated carbocycles. The number of hydrogen-bond acceptors (Lipinski definition) is 2. The van der Waals surface area contributed by atoms with Crippen LogP contribution in [0.3, 0.4) is 0 Å². The van der Waals surface area contributed by atoms with E-state index in [0.29, 0.717) is 4.47 Å². The van der Waals surface area contributed by atoms with E-state index in [-0.39, 0.29) is 0 Å². The molecule has 1 heterocycles. The summed E-state index contributed by atoms with van der Waals surface area (Å²) in [5.74, 6) is -0.669. The number of alkyl halides is 6. The Morgan fingerprint density at radius 2 is 1.59 bits per heavy atom. The first-order valence-corrected chi connectivity index (χ1v) is 4.74. The first-order valence-electron chi connectivity index (χ1n) is 3.95. The van der Waals surface area contributed by atoms with E-state index in [1.54, 1.807) is 0 Å². The predicted molar refractivity (Wildman–Crippen MR) is 51.1 cm³/mol. The summed E-state index contributed by atoms with van der Waals surface area (Å²) >= 11 is 2.94. The summed E-state index contributed by atoms with van der Waals surface area (Å²) in [6.45, 7) is 0. The van der Waals surface area contributed by atoms with Gasteiger partial charge in [0.25, 0.3) is 0 Å². The highest BCUT2D eigenvalue weighted by atomic mass is 79.9. The number of hydrogen-bond donors (Lipinski definition) is 0. The summed E-state index contributed by atoms with van der Waals surface area (Å²) in [7, 11) is 0. The summed E-state index contributed by atoms with van der Waals surface area (Å²) in [5.41, 5.74) is -2.83. The van der Waals surface area contributed by atoms with Crippen LogP contribution in [0.2, 0.25) is 0 Å². The highest BCUT2D eigenvalue weighted by molar-refractivity contribution is 9.10. The zero-order valence-corrected chi connectivity index (χ0v) is 9.36. The minimum absolute atomic E-state index is 0.414. The van der Waals surface area contributed by atoms with E-state index in [2.05, 4.69) is 25.9 Å². The van der Waals surface area contributed by atoms with Crippen molar-refractivity contribution in [2.45, 2.75) is 12.4 Å². The Balaban J connectivity index is 3.20. The SMILES string of the molecule is FC(F)(F)C(=Nc1ccc(Br)cn1)C(F)(F)F. The van der Waals surface area contributed by atoms with Crippen LogP contribution in [0.15, 0.2) is 27.8 Å². The second kappa shape index (κ2) is 4.63. The average Bonchev–Trinajstić information content (AvgIpc) is 2.13. The van der Waals surface area contributed by atoms with Crippen molar-refractivity contribution in [1.82, 2.24) is 4.98 Å². The van der Waals surface area contributed by atoms with Crippen LogP contribution in [0.4, 0.5) is 32.2 Å². The van der Waals surface area contributed by atoms with Crippen LogP contribution < -0.4 is 0 Å². The molecule has 0 aliphatic heterocycles. The van der Waals surface area contributed by atoms with E-state index in [0.717, 1.165) is 12.3 Å². The first-order chi connectivity index (χ1) is 7.60. The molecule has 0 aliphatic rings. The Labute approximate surface area is 99.5 Å². The fourth-order valence-corrected chi connectivity index (χ4v) is 1.07. The molecule has 0 aromatic carbocycles. The highest BCUT2D eigenvalue weighted by Crippen LogP contribution is 2.32. The molecular weight excluding hydrogens is 318 g/mol. The van der Waals surface area contributed by atoms with Crippen LogP contribution in [0.1, 0.15) is 0 Å². The maximum absolute atomic E-state index is 12.1. The maximum Gasteiger partial charge on any atom is 0.438 e. The largest absolute Gasteiger partial charge is 0.438 e. The smallest absolute Gasteiger partial charge is 0.236 e. The lowest BCUT2D eigenvalue weighted by molar-refractivity contribution is -0.117. The molecular formula is C8H3BrF6N2. The Morgan fingerprint density at radius 1 is 1.06 bits per heavy atom. The zero-order chi connectivity index (χ0) is 13.3. The maximum atomic E-state index is 12.1. The molecule has 94 valence electrons. The van der Waals surface area contributed by atoms with Gasteiger partial charge in [-0.05, 0) is 28.1 Å². The lowest BCUT2D eigenvalue weighted by atomic mass is 10.3. The topological polar surface area (TPSA) is 25.2 Å². The lowest BCUT2D eigenvalue weighted by Gasteiger charge is -2.12. The summed E-state index contributed by atoms with van der Waals surface area (Å²) in [5, 5.41) is 0. The van der Waals surface area contributed by atoms with Gasteiger partial charge in [0.2, 0.25) is 5.71 Å². The van der Waals surface area contributed by atoms with E-state index in [1.807, 2.05) is 0 Å². The normalized spacial score (nSPS) is 12.4. The molecule has 2 nitrogen and oxygen atoms in total. The molecule has 17 heavy (non-hydrogen) atoms. The molecule has 1 rings (SSSR count). The van der Waals surface area contributed by atoms with Gasteiger partial charge in [-0.25, -0.2) is 9.98 Å². The van der Waals surface area contributed by atoms with E-state index in [1.165, 1.54) is 6.07 Å². The minimum Gasteiger partial charge on any atom is -0.236 e. The van der Waals surface area contributed by atoms with Crippen molar-refractivity contribution in [3.05, 3.63) is 22.8 Å². The van der Waals surface area contributed by atoms with E-state index in [4.69, 9.17) is 0 Å². The van der Waals surface area contributed by atoms with Gasteiger partial charge in [-0.3, -0.25) is 0 Å². The van der Waals surface area contributed by atoms with Crippen molar-refractivity contribution in [3.8, 4) is 0 Å². The number of rotatable bonds is 1. The molecule has 0 amide bonds. The number of nitrogens with zero attached hydrogens (tertiary/aromatic N) is 2. The molecule has 1 aromatic heterocycles. The summed E-state index contributed by atoms with van der Waals surface area (Å²) in [6, 6.07) is 2.16. The molecule has 0 fully saturated rings. The molecule has 0 N–H and O–H groups in total. The number of aromatic nitrogens is 1. The zero-order valence-electron chi connectivity index (χ0n) is 7.77. The van der Waals surface area contributed by atoms with E-state index in [9.17, 15) is 26.3 Å². The number of pyridine rings is 1. The van der Waals surface area contributed by atoms with Crippen molar-refractivity contribution in [3.63, 3.8) is 0 Å². The van der Waals surface area contributed by atoms with E-state index < -0.39 is 23.9 Å². The van der Waals surface area contributed by atoms with Gasteiger partial charge < -0.3 is 0 Å². The molecule has 0 radical (unpaired) electrons. The van der Waals surface area contributed by atoms with Crippen molar-refractivity contribution >= 4 is 27.5 Å². The van der Waals surface area contributed by atoms with Gasteiger partial charge in [-0.1, -0.05) is 0 Å². The third kappa shape index (κ3) is 3.99. The molecule has 0 bridgehead atoms. The van der Waals surface area contributed by atoms with Crippen LogP contribution in [0.5, 0.6) is 0 Å². The third-order valence-corrected chi connectivity index (χ3v) is 1.94. The van der Waals surface area contributed by atoms with Gasteiger partial charge in [0.05, 0.1) is 0 Å². The summed E-state index contributed by atoms with van der Waals surface area (Å²) < 4.78 is 73.0. The molecule has 0 aliphatic carbocycles. The van der Waals surface area contributed by atoms with Gasteiger partial charge in [-0.15, -0.1) is 0 Å². The quantitative estimate of drug-likeness (QED) is 0.566. The Hall–Kier alpha value is -1.12. The van der Waals surface area contributed by atoms with Gasteiger partial charge in [0.15, 0.2) is 5.82 Å². The van der Waals surface area contributed by atoms with Crippen LogP contribution in [-0.4, -0.2) is 23.0 Å². The molecule has 0 unspecified atom stereocenters. The van der Waals surface area contributed by atoms with Crippen molar-refractivity contribution < 1.29 is 26.3 Å². The van der Waals surface area contributed by atoms with Crippen molar-refractivity contribution in [1.29, 1.82) is 0 Å². The third-order valence-electron chi connectivity index (χ3n) is 1.48. The molecule has 0 spiro atoms. The Kier molecular flexibility index (Phi) is 3.80. The molecule has 0 atom stereocenters. The molecule has 9 heteroatoms. The van der Waals surface area contributed by atoms with Crippen LogP contribution in [-0.2, 0) is 0 Å². The minimum atomic E-state index is -5.58. The van der Waals surface area contributed by atoms with Crippen molar-refractivity contribution in [2.24, 2.45) is 4.99 Å². The van der Waals surface area contributed by atoms with Gasteiger partial charge in [0, 0.05) is 10.7 Å². The second-order valence-electron chi connectivity index (χ2n) is 2.79. The Bertz CT molecular complexity index is 403. The summed E-state index contributed by atoms with van der Waals surface area (Å²) in [6.07, 6.45) is -10.1. The number of halogens is 7. The van der Waals surface area contributed by atoms with Crippen molar-refractivity contribution in [2.75, 3.05) is 0 Å². The van der Waals surface area contributed by atoms with Gasteiger partial charge in [-0.2, -0.15) is 26.3 Å².